The lowest BCUT2D eigenvalue weighted by molar-refractivity contribution is -0.134. The average Bonchev–Trinajstić information content (AvgIpc) is 2.93. The van der Waals surface area contributed by atoms with Crippen molar-refractivity contribution in [3.05, 3.63) is 88.9 Å². The summed E-state index contributed by atoms with van der Waals surface area (Å²) in [7, 11) is 0. The highest BCUT2D eigenvalue weighted by molar-refractivity contribution is 7.89. The van der Waals surface area contributed by atoms with E-state index in [1.165, 1.54) is 0 Å². The topological polar surface area (TPSA) is 131 Å². The van der Waals surface area contributed by atoms with Gasteiger partial charge in [0, 0.05) is 36.2 Å². The second-order valence-electron chi connectivity index (χ2n) is 9.64. The summed E-state index contributed by atoms with van der Waals surface area (Å²) in [6.07, 6.45) is 3.12. The third-order valence-corrected chi connectivity index (χ3v) is 8.35. The van der Waals surface area contributed by atoms with Crippen LogP contribution in [0.4, 0.5) is 0 Å². The molecule has 1 heterocycles. The first-order chi connectivity index (χ1) is 18.3. The number of rotatable bonds is 10. The normalized spacial score (nSPS) is 15.7. The van der Waals surface area contributed by atoms with E-state index in [-0.39, 0.29) is 11.7 Å². The Kier molecular flexibility index (Phi) is 9.82. The molecular weight excluding hydrogens is 518 g/mol. The molecule has 6 N–H and O–H groups in total. The Morgan fingerprint density at radius 3 is 2.45 bits per heavy atom. The maximum atomic E-state index is 13.7. The van der Waals surface area contributed by atoms with Gasteiger partial charge in [-0.05, 0) is 72.7 Å². The second kappa shape index (κ2) is 13.3. The Bertz CT molecular complexity index is 1260. The van der Waals surface area contributed by atoms with Gasteiger partial charge in [-0.15, -0.1) is 4.72 Å². The van der Waals surface area contributed by atoms with Gasteiger partial charge in [0.25, 0.3) is 0 Å². The number of nitrogens with one attached hydrogen (secondary N) is 2. The SMILES string of the molecule is N=C(N)c1cccc(CC(N[S+]([O-])c2cccc(-c3cccc(Cl)c3)c2)C(=O)N2CCC(CCN)CC2)c1. The number of likely N-dealkylation sites (tertiary alicyclic amines) is 1. The highest BCUT2D eigenvalue weighted by Gasteiger charge is 2.32. The minimum Gasteiger partial charge on any atom is -0.593 e. The predicted molar refractivity (Wildman–Crippen MR) is 154 cm³/mol. The van der Waals surface area contributed by atoms with E-state index in [2.05, 4.69) is 4.72 Å². The van der Waals surface area contributed by atoms with E-state index in [1.807, 2.05) is 59.5 Å². The molecule has 2 atom stereocenters. The molecule has 1 fully saturated rings. The zero-order chi connectivity index (χ0) is 27.1. The molecule has 2 unspecified atom stereocenters. The fourth-order valence-electron chi connectivity index (χ4n) is 4.84. The molecule has 3 aromatic rings. The molecule has 0 bridgehead atoms. The number of carbonyl (C=O) groups is 1. The zero-order valence-electron chi connectivity index (χ0n) is 21.2. The molecule has 0 saturated carbocycles. The van der Waals surface area contributed by atoms with E-state index < -0.39 is 17.4 Å². The number of amidine groups is 1. The first-order valence-electron chi connectivity index (χ1n) is 12.8. The van der Waals surface area contributed by atoms with Crippen molar-refractivity contribution in [3.63, 3.8) is 0 Å². The number of halogens is 1. The van der Waals surface area contributed by atoms with Gasteiger partial charge in [-0.3, -0.25) is 10.2 Å². The van der Waals surface area contributed by atoms with Crippen molar-refractivity contribution in [2.24, 2.45) is 17.4 Å². The molecule has 1 saturated heterocycles. The number of carbonyl (C=O) groups excluding carboxylic acids is 1. The second-order valence-corrected chi connectivity index (χ2v) is 11.3. The highest BCUT2D eigenvalue weighted by atomic mass is 35.5. The molecule has 3 aromatic carbocycles. The van der Waals surface area contributed by atoms with Crippen LogP contribution in [0.1, 0.15) is 30.4 Å². The lowest BCUT2D eigenvalue weighted by atomic mass is 9.93. The van der Waals surface area contributed by atoms with E-state index in [0.29, 0.717) is 47.5 Å². The van der Waals surface area contributed by atoms with Gasteiger partial charge in [0.15, 0.2) is 4.90 Å². The summed E-state index contributed by atoms with van der Waals surface area (Å²) < 4.78 is 16.6. The van der Waals surface area contributed by atoms with E-state index in [9.17, 15) is 9.35 Å². The molecule has 1 amide bonds. The van der Waals surface area contributed by atoms with Crippen molar-refractivity contribution in [2.45, 2.75) is 36.6 Å². The summed E-state index contributed by atoms with van der Waals surface area (Å²) in [6, 6.07) is 21.5. The molecule has 1 aliphatic rings. The van der Waals surface area contributed by atoms with Crippen LogP contribution in [0.15, 0.2) is 77.7 Å². The predicted octanol–water partition coefficient (Wildman–Crippen LogP) is 4.10. The summed E-state index contributed by atoms with van der Waals surface area (Å²) >= 11 is 4.53. The van der Waals surface area contributed by atoms with Gasteiger partial charge in [-0.1, -0.05) is 54.1 Å². The number of benzene rings is 3. The van der Waals surface area contributed by atoms with Crippen molar-refractivity contribution >= 4 is 34.7 Å². The van der Waals surface area contributed by atoms with Gasteiger partial charge in [0.1, 0.15) is 11.9 Å². The molecule has 0 aliphatic carbocycles. The molecule has 38 heavy (non-hydrogen) atoms. The Labute approximate surface area is 232 Å². The summed E-state index contributed by atoms with van der Waals surface area (Å²) in [5, 5.41) is 8.39. The number of nitrogen functional groups attached to an aromatic ring is 1. The van der Waals surface area contributed by atoms with Gasteiger partial charge in [-0.25, -0.2) is 0 Å². The Balaban J connectivity index is 1.55. The number of hydrogen-bond donors (Lipinski definition) is 4. The van der Waals surface area contributed by atoms with E-state index in [1.54, 1.807) is 18.2 Å². The van der Waals surface area contributed by atoms with Crippen molar-refractivity contribution in [1.29, 1.82) is 5.41 Å². The number of hydrogen-bond acceptors (Lipinski definition) is 5. The maximum absolute atomic E-state index is 13.7. The van der Waals surface area contributed by atoms with Gasteiger partial charge >= 0.3 is 0 Å². The van der Waals surface area contributed by atoms with Gasteiger partial charge in [0.2, 0.25) is 5.91 Å². The Morgan fingerprint density at radius 2 is 1.76 bits per heavy atom. The monoisotopic (exact) mass is 551 g/mol. The number of piperidine rings is 1. The lowest BCUT2D eigenvalue weighted by Gasteiger charge is -2.34. The van der Waals surface area contributed by atoms with Crippen LogP contribution in [0.2, 0.25) is 5.02 Å². The minimum atomic E-state index is -1.64. The Hall–Kier alpha value is -2.88. The van der Waals surface area contributed by atoms with Gasteiger partial charge < -0.3 is 20.9 Å². The smallest absolute Gasteiger partial charge is 0.244 e. The fraction of sp³-hybridized carbons (Fsp3) is 0.310. The molecule has 4 rings (SSSR count). The van der Waals surface area contributed by atoms with Crippen molar-refractivity contribution < 1.29 is 9.35 Å². The van der Waals surface area contributed by atoms with Crippen molar-refractivity contribution in [3.8, 4) is 11.1 Å². The van der Waals surface area contributed by atoms with Crippen molar-refractivity contribution in [1.82, 2.24) is 9.62 Å². The minimum absolute atomic E-state index is 0.0360. The van der Waals surface area contributed by atoms with Crippen LogP contribution in [-0.4, -0.2) is 46.9 Å². The maximum Gasteiger partial charge on any atom is 0.244 e. The van der Waals surface area contributed by atoms with Crippen LogP contribution in [0.5, 0.6) is 0 Å². The Morgan fingerprint density at radius 1 is 1.08 bits per heavy atom. The first-order valence-corrected chi connectivity index (χ1v) is 14.3. The van der Waals surface area contributed by atoms with Crippen molar-refractivity contribution in [2.75, 3.05) is 19.6 Å². The van der Waals surface area contributed by atoms with Crippen LogP contribution < -0.4 is 16.2 Å². The number of nitrogens with two attached hydrogens (primary N) is 2. The quantitative estimate of drug-likeness (QED) is 0.171. The zero-order valence-corrected chi connectivity index (χ0v) is 22.8. The third kappa shape index (κ3) is 7.36. The molecule has 9 heteroatoms. The van der Waals surface area contributed by atoms with Crippen LogP contribution in [0, 0.1) is 11.3 Å². The fourth-order valence-corrected chi connectivity index (χ4v) is 6.04. The average molecular weight is 552 g/mol. The van der Waals surface area contributed by atoms with Crippen LogP contribution in [0.25, 0.3) is 11.1 Å². The molecular formula is C29H34ClN5O2S. The van der Waals surface area contributed by atoms with Gasteiger partial charge in [0.05, 0.1) is 11.4 Å². The molecule has 7 nitrogen and oxygen atoms in total. The largest absolute Gasteiger partial charge is 0.593 e. The standard InChI is InChI=1S/C29H34ClN5O2S/c30-25-8-2-5-22(18-25)23-6-3-9-26(19-23)38(37)34-27(17-21-4-1-7-24(16-21)28(32)33)29(36)35-14-11-20(10-13-31)12-15-35/h1-9,16,18-20,27,34H,10-15,17,31H2,(H3,32,33). The lowest BCUT2D eigenvalue weighted by Crippen LogP contribution is -2.51. The number of nitrogens with zero attached hydrogens (tertiary/aromatic N) is 1. The summed E-state index contributed by atoms with van der Waals surface area (Å²) in [4.78, 5) is 16.1. The van der Waals surface area contributed by atoms with E-state index in [4.69, 9.17) is 28.5 Å². The van der Waals surface area contributed by atoms with Crippen LogP contribution >= 0.6 is 11.6 Å². The third-order valence-electron chi connectivity index (χ3n) is 6.93. The van der Waals surface area contributed by atoms with Crippen LogP contribution in [-0.2, 0) is 22.6 Å². The first kappa shape index (κ1) is 28.1. The molecule has 0 radical (unpaired) electrons. The van der Waals surface area contributed by atoms with E-state index >= 15 is 0 Å². The van der Waals surface area contributed by atoms with Gasteiger partial charge in [-0.2, -0.15) is 0 Å². The van der Waals surface area contributed by atoms with Crippen LogP contribution in [0.3, 0.4) is 0 Å². The molecule has 0 aromatic heterocycles. The molecule has 0 spiro atoms. The number of amides is 1. The highest BCUT2D eigenvalue weighted by Crippen LogP contribution is 2.26. The summed E-state index contributed by atoms with van der Waals surface area (Å²) in [5.74, 6) is 0.418. The summed E-state index contributed by atoms with van der Waals surface area (Å²) in [5.41, 5.74) is 14.7. The summed E-state index contributed by atoms with van der Waals surface area (Å²) in [6.45, 7) is 1.97. The van der Waals surface area contributed by atoms with E-state index in [0.717, 1.165) is 36.0 Å². The molecule has 1 aliphatic heterocycles. The molecule has 200 valence electrons.